The highest BCUT2D eigenvalue weighted by atomic mass is 32.2. The number of sulfonamides is 1. The summed E-state index contributed by atoms with van der Waals surface area (Å²) in [6.45, 7) is 4.06. The van der Waals surface area contributed by atoms with Crippen LogP contribution in [0, 0.1) is 0 Å². The first-order valence-electron chi connectivity index (χ1n) is 6.61. The average molecular weight is 303 g/mol. The third kappa shape index (κ3) is 4.24. The fraction of sp³-hybridized carbons (Fsp3) is 0.667. The molecule has 1 unspecified atom stereocenters. The van der Waals surface area contributed by atoms with Crippen LogP contribution in [-0.2, 0) is 16.6 Å². The Bertz CT molecular complexity index is 493. The second-order valence-electron chi connectivity index (χ2n) is 4.63. The molecule has 0 radical (unpaired) electrons. The number of hydrogen-bond acceptors (Lipinski definition) is 4. The molecule has 7 heteroatoms. The van der Waals surface area contributed by atoms with Gasteiger partial charge in [0.05, 0.1) is 4.90 Å². The molecule has 2 rings (SSSR count). The summed E-state index contributed by atoms with van der Waals surface area (Å²) in [4.78, 5) is 3.31. The molecule has 0 spiro atoms. The zero-order chi connectivity index (χ0) is 13.7. The van der Waals surface area contributed by atoms with Crippen molar-refractivity contribution >= 4 is 21.8 Å². The molecule has 0 aromatic carbocycles. The zero-order valence-corrected chi connectivity index (χ0v) is 12.7. The van der Waals surface area contributed by atoms with Crippen molar-refractivity contribution in [2.75, 3.05) is 18.8 Å². The minimum Gasteiger partial charge on any atom is -0.363 e. The second kappa shape index (κ2) is 6.78. The van der Waals surface area contributed by atoms with Crippen molar-refractivity contribution in [2.45, 2.75) is 36.5 Å². The fourth-order valence-electron chi connectivity index (χ4n) is 2.03. The largest absolute Gasteiger partial charge is 0.363 e. The van der Waals surface area contributed by atoms with Crippen LogP contribution in [0.2, 0.25) is 0 Å². The SMILES string of the molecule is CCNCc1cc(S(=O)(=O)NCC2CCCS2)c[nH]1. The molecule has 108 valence electrons. The van der Waals surface area contributed by atoms with Crippen molar-refractivity contribution in [3.8, 4) is 0 Å². The predicted octanol–water partition coefficient (Wildman–Crippen LogP) is 1.30. The molecule has 5 nitrogen and oxygen atoms in total. The first kappa shape index (κ1) is 14.9. The van der Waals surface area contributed by atoms with Crippen molar-refractivity contribution in [3.63, 3.8) is 0 Å². The van der Waals surface area contributed by atoms with E-state index >= 15 is 0 Å². The van der Waals surface area contributed by atoms with E-state index in [9.17, 15) is 8.42 Å². The molecule has 0 amide bonds. The third-order valence-corrected chi connectivity index (χ3v) is 5.92. The quantitative estimate of drug-likeness (QED) is 0.710. The summed E-state index contributed by atoms with van der Waals surface area (Å²) in [7, 11) is -3.37. The summed E-state index contributed by atoms with van der Waals surface area (Å²) in [5.74, 6) is 1.14. The Balaban J connectivity index is 1.92. The van der Waals surface area contributed by atoms with E-state index in [0.717, 1.165) is 24.4 Å². The molecule has 1 atom stereocenters. The van der Waals surface area contributed by atoms with Gasteiger partial charge >= 0.3 is 0 Å². The van der Waals surface area contributed by atoms with Gasteiger partial charge in [0.2, 0.25) is 10.0 Å². The molecule has 1 aliphatic rings. The molecule has 0 aliphatic carbocycles. The summed E-state index contributed by atoms with van der Waals surface area (Å²) >= 11 is 1.85. The van der Waals surface area contributed by atoms with Gasteiger partial charge in [-0.05, 0) is 31.2 Å². The lowest BCUT2D eigenvalue weighted by molar-refractivity contribution is 0.579. The van der Waals surface area contributed by atoms with Gasteiger partial charge in [0, 0.05) is 30.2 Å². The van der Waals surface area contributed by atoms with E-state index in [1.165, 1.54) is 6.42 Å². The van der Waals surface area contributed by atoms with Gasteiger partial charge in [0.25, 0.3) is 0 Å². The van der Waals surface area contributed by atoms with Crippen LogP contribution in [0.4, 0.5) is 0 Å². The van der Waals surface area contributed by atoms with Gasteiger partial charge in [0.1, 0.15) is 0 Å². The molecule has 3 N–H and O–H groups in total. The van der Waals surface area contributed by atoms with E-state index in [4.69, 9.17) is 0 Å². The van der Waals surface area contributed by atoms with Crippen LogP contribution < -0.4 is 10.0 Å². The Hall–Kier alpha value is -0.500. The number of nitrogens with one attached hydrogen (secondary N) is 3. The predicted molar refractivity (Wildman–Crippen MR) is 78.8 cm³/mol. The summed E-state index contributed by atoms with van der Waals surface area (Å²) in [5, 5.41) is 3.58. The lowest BCUT2D eigenvalue weighted by Crippen LogP contribution is -2.29. The second-order valence-corrected chi connectivity index (χ2v) is 7.80. The Morgan fingerprint density at radius 2 is 2.37 bits per heavy atom. The maximum Gasteiger partial charge on any atom is 0.242 e. The van der Waals surface area contributed by atoms with E-state index in [0.29, 0.717) is 23.2 Å². The van der Waals surface area contributed by atoms with Crippen LogP contribution in [0.1, 0.15) is 25.5 Å². The minimum absolute atomic E-state index is 0.323. The molecular formula is C12H21N3O2S2. The molecule has 2 heterocycles. The molecular weight excluding hydrogens is 282 g/mol. The van der Waals surface area contributed by atoms with Crippen molar-refractivity contribution in [1.29, 1.82) is 0 Å². The lowest BCUT2D eigenvalue weighted by Gasteiger charge is -2.09. The fourth-order valence-corrected chi connectivity index (χ4v) is 4.43. The summed E-state index contributed by atoms with van der Waals surface area (Å²) in [5.41, 5.74) is 0.887. The number of H-pyrrole nitrogens is 1. The number of thioether (sulfide) groups is 1. The van der Waals surface area contributed by atoms with Gasteiger partial charge in [-0.1, -0.05) is 6.92 Å². The average Bonchev–Trinajstić information content (AvgIpc) is 3.05. The van der Waals surface area contributed by atoms with E-state index < -0.39 is 10.0 Å². The molecule has 19 heavy (non-hydrogen) atoms. The molecule has 0 bridgehead atoms. The third-order valence-electron chi connectivity index (χ3n) is 3.12. The highest BCUT2D eigenvalue weighted by molar-refractivity contribution is 8.00. The zero-order valence-electron chi connectivity index (χ0n) is 11.1. The van der Waals surface area contributed by atoms with E-state index in [2.05, 4.69) is 15.0 Å². The maximum atomic E-state index is 12.1. The topological polar surface area (TPSA) is 74.0 Å². The normalized spacial score (nSPS) is 19.9. The van der Waals surface area contributed by atoms with Crippen molar-refractivity contribution in [1.82, 2.24) is 15.0 Å². The van der Waals surface area contributed by atoms with Crippen molar-refractivity contribution in [3.05, 3.63) is 18.0 Å². The van der Waals surface area contributed by atoms with Gasteiger partial charge < -0.3 is 10.3 Å². The summed E-state index contributed by atoms with van der Waals surface area (Å²) < 4.78 is 26.9. The first-order chi connectivity index (χ1) is 9.12. The van der Waals surface area contributed by atoms with Crippen LogP contribution in [0.25, 0.3) is 0 Å². The van der Waals surface area contributed by atoms with Crippen LogP contribution in [0.5, 0.6) is 0 Å². The Kier molecular flexibility index (Phi) is 5.32. The molecule has 1 fully saturated rings. The minimum atomic E-state index is -3.37. The number of aromatic amines is 1. The molecule has 1 aliphatic heterocycles. The van der Waals surface area contributed by atoms with Crippen molar-refractivity contribution in [2.24, 2.45) is 0 Å². The Morgan fingerprint density at radius 1 is 1.53 bits per heavy atom. The number of aromatic nitrogens is 1. The standard InChI is InChI=1S/C12H21N3O2S2/c1-2-13-7-10-6-12(9-14-10)19(16,17)15-8-11-4-3-5-18-11/h6,9,11,13-15H,2-5,7-8H2,1H3. The maximum absolute atomic E-state index is 12.1. The van der Waals surface area contributed by atoms with Gasteiger partial charge in [0.15, 0.2) is 0 Å². The van der Waals surface area contributed by atoms with Crippen LogP contribution >= 0.6 is 11.8 Å². The highest BCUT2D eigenvalue weighted by Crippen LogP contribution is 2.25. The van der Waals surface area contributed by atoms with E-state index in [-0.39, 0.29) is 0 Å². The van der Waals surface area contributed by atoms with Crippen LogP contribution in [-0.4, -0.2) is 37.5 Å². The van der Waals surface area contributed by atoms with Gasteiger partial charge in [-0.15, -0.1) is 0 Å². The van der Waals surface area contributed by atoms with E-state index in [1.54, 1.807) is 12.3 Å². The molecule has 1 aromatic rings. The monoisotopic (exact) mass is 303 g/mol. The summed E-state index contributed by atoms with van der Waals surface area (Å²) in [6.07, 6.45) is 3.84. The highest BCUT2D eigenvalue weighted by Gasteiger charge is 2.20. The van der Waals surface area contributed by atoms with Gasteiger partial charge in [-0.3, -0.25) is 0 Å². The summed E-state index contributed by atoms with van der Waals surface area (Å²) in [6, 6.07) is 1.69. The Labute approximate surface area is 119 Å². The van der Waals surface area contributed by atoms with Gasteiger partial charge in [-0.2, -0.15) is 11.8 Å². The smallest absolute Gasteiger partial charge is 0.242 e. The number of hydrogen-bond donors (Lipinski definition) is 3. The Morgan fingerprint density at radius 3 is 3.05 bits per heavy atom. The van der Waals surface area contributed by atoms with E-state index in [1.807, 2.05) is 18.7 Å². The molecule has 1 saturated heterocycles. The lowest BCUT2D eigenvalue weighted by atomic mass is 10.2. The van der Waals surface area contributed by atoms with Gasteiger partial charge in [-0.25, -0.2) is 13.1 Å². The molecule has 0 saturated carbocycles. The molecule has 1 aromatic heterocycles. The van der Waals surface area contributed by atoms with Crippen LogP contribution in [0.3, 0.4) is 0 Å². The van der Waals surface area contributed by atoms with Crippen LogP contribution in [0.15, 0.2) is 17.2 Å². The number of rotatable bonds is 7. The first-order valence-corrected chi connectivity index (χ1v) is 9.14. The van der Waals surface area contributed by atoms with Crippen molar-refractivity contribution < 1.29 is 8.42 Å².